The maximum Gasteiger partial charge on any atom is 0.307 e. The van der Waals surface area contributed by atoms with Gasteiger partial charge in [-0.1, -0.05) is 36.4 Å². The number of aromatic amines is 1. The minimum absolute atomic E-state index is 0.0675. The van der Waals surface area contributed by atoms with Crippen molar-refractivity contribution in [1.82, 2.24) is 15.0 Å². The van der Waals surface area contributed by atoms with E-state index in [1.807, 2.05) is 18.3 Å². The number of carbonyl (C=O) groups is 1. The van der Waals surface area contributed by atoms with Crippen LogP contribution in [0.1, 0.15) is 17.0 Å². The fourth-order valence-electron chi connectivity index (χ4n) is 3.27. The molecule has 0 amide bonds. The van der Waals surface area contributed by atoms with Crippen molar-refractivity contribution in [2.24, 2.45) is 0 Å². The summed E-state index contributed by atoms with van der Waals surface area (Å²) >= 11 is 0. The Bertz CT molecular complexity index is 1120. The molecular formula is C22H19N3O3. The lowest BCUT2D eigenvalue weighted by molar-refractivity contribution is -0.136. The Kier molecular flexibility index (Phi) is 4.76. The van der Waals surface area contributed by atoms with Crippen LogP contribution < -0.4 is 4.74 Å². The van der Waals surface area contributed by atoms with Crippen molar-refractivity contribution >= 4 is 17.0 Å². The van der Waals surface area contributed by atoms with Crippen molar-refractivity contribution in [3.63, 3.8) is 0 Å². The molecule has 6 heteroatoms. The quantitative estimate of drug-likeness (QED) is 0.536. The molecule has 4 rings (SSSR count). The average Bonchev–Trinajstić information content (AvgIpc) is 3.13. The average molecular weight is 373 g/mol. The molecule has 0 aliphatic carbocycles. The van der Waals surface area contributed by atoms with E-state index in [-0.39, 0.29) is 6.42 Å². The summed E-state index contributed by atoms with van der Waals surface area (Å²) in [6.45, 7) is 0. The molecule has 0 atom stereocenters. The van der Waals surface area contributed by atoms with E-state index in [0.29, 0.717) is 28.8 Å². The molecule has 0 radical (unpaired) electrons. The number of aromatic nitrogens is 3. The number of fused-ring (bicyclic) bond motifs is 1. The fourth-order valence-corrected chi connectivity index (χ4v) is 3.27. The van der Waals surface area contributed by atoms with Crippen LogP contribution in [0.15, 0.2) is 60.9 Å². The van der Waals surface area contributed by atoms with Gasteiger partial charge in [0.2, 0.25) is 0 Å². The van der Waals surface area contributed by atoms with E-state index in [2.05, 4.69) is 39.2 Å². The Morgan fingerprint density at radius 3 is 2.61 bits per heavy atom. The predicted molar refractivity (Wildman–Crippen MR) is 106 cm³/mol. The number of pyridine rings is 1. The summed E-state index contributed by atoms with van der Waals surface area (Å²) in [4.78, 5) is 23.2. The number of hydrogen-bond acceptors (Lipinski definition) is 4. The number of rotatable bonds is 6. The van der Waals surface area contributed by atoms with Crippen molar-refractivity contribution < 1.29 is 14.6 Å². The molecule has 0 saturated heterocycles. The first-order valence-electron chi connectivity index (χ1n) is 8.89. The molecule has 0 spiro atoms. The summed E-state index contributed by atoms with van der Waals surface area (Å²) in [5.74, 6) is 0.507. The number of imidazole rings is 1. The second-order valence-corrected chi connectivity index (χ2v) is 6.52. The highest BCUT2D eigenvalue weighted by molar-refractivity contribution is 5.88. The third-order valence-corrected chi connectivity index (χ3v) is 4.63. The molecule has 0 unspecified atom stereocenters. The first-order chi connectivity index (χ1) is 13.6. The van der Waals surface area contributed by atoms with Gasteiger partial charge in [-0.25, -0.2) is 4.98 Å². The Labute approximate surface area is 161 Å². The second-order valence-electron chi connectivity index (χ2n) is 6.52. The standard InChI is InChI=1S/C22H19N3O3/c1-28-18-9-8-16(12-20(26)27)21-22(18)25-19(24-21)11-14-4-6-15(7-5-14)17-3-2-10-23-13-17/h2-10,13H,11-12H2,1H3,(H,24,25)(H,26,27). The third kappa shape index (κ3) is 3.57. The molecule has 2 heterocycles. The van der Waals surface area contributed by atoms with Crippen LogP contribution in [0.4, 0.5) is 0 Å². The van der Waals surface area contributed by atoms with Crippen molar-refractivity contribution in [3.8, 4) is 16.9 Å². The van der Waals surface area contributed by atoms with Gasteiger partial charge in [-0.3, -0.25) is 9.78 Å². The van der Waals surface area contributed by atoms with E-state index in [1.165, 1.54) is 0 Å². The number of nitrogens with one attached hydrogen (secondary N) is 1. The number of carboxylic acid groups (broad SMARTS) is 1. The summed E-state index contributed by atoms with van der Waals surface area (Å²) in [6.07, 6.45) is 4.14. The Balaban J connectivity index is 1.63. The maximum absolute atomic E-state index is 11.1. The highest BCUT2D eigenvalue weighted by Crippen LogP contribution is 2.28. The zero-order valence-electron chi connectivity index (χ0n) is 15.3. The maximum atomic E-state index is 11.1. The fraction of sp³-hybridized carbons (Fsp3) is 0.136. The number of aliphatic carboxylic acids is 1. The molecular weight excluding hydrogens is 354 g/mol. The molecule has 2 N–H and O–H groups in total. The number of nitrogens with zero attached hydrogens (tertiary/aromatic N) is 2. The van der Waals surface area contributed by atoms with Gasteiger partial charge in [0.15, 0.2) is 0 Å². The van der Waals surface area contributed by atoms with Crippen molar-refractivity contribution in [2.75, 3.05) is 7.11 Å². The molecule has 4 aromatic rings. The van der Waals surface area contributed by atoms with Crippen LogP contribution >= 0.6 is 0 Å². The van der Waals surface area contributed by atoms with Crippen molar-refractivity contribution in [2.45, 2.75) is 12.8 Å². The normalized spacial score (nSPS) is 10.9. The zero-order valence-corrected chi connectivity index (χ0v) is 15.3. The van der Waals surface area contributed by atoms with Crippen LogP contribution in [-0.4, -0.2) is 33.1 Å². The van der Waals surface area contributed by atoms with Crippen LogP contribution in [0, 0.1) is 0 Å². The number of hydrogen-bond donors (Lipinski definition) is 2. The van der Waals surface area contributed by atoms with Crippen LogP contribution in [0.5, 0.6) is 5.75 Å². The van der Waals surface area contributed by atoms with Crippen LogP contribution in [0.3, 0.4) is 0 Å². The minimum Gasteiger partial charge on any atom is -0.494 e. The lowest BCUT2D eigenvalue weighted by atomic mass is 10.0. The van der Waals surface area contributed by atoms with Gasteiger partial charge in [-0.2, -0.15) is 0 Å². The van der Waals surface area contributed by atoms with Gasteiger partial charge in [0.1, 0.15) is 17.1 Å². The molecule has 28 heavy (non-hydrogen) atoms. The summed E-state index contributed by atoms with van der Waals surface area (Å²) in [5, 5.41) is 9.14. The van der Waals surface area contributed by atoms with E-state index in [1.54, 1.807) is 25.4 Å². The number of methoxy groups -OCH3 is 1. The molecule has 0 fully saturated rings. The van der Waals surface area contributed by atoms with E-state index in [4.69, 9.17) is 9.84 Å². The highest BCUT2D eigenvalue weighted by Gasteiger charge is 2.14. The van der Waals surface area contributed by atoms with E-state index >= 15 is 0 Å². The second kappa shape index (κ2) is 7.52. The van der Waals surface area contributed by atoms with Crippen molar-refractivity contribution in [3.05, 3.63) is 77.9 Å². The van der Waals surface area contributed by atoms with Crippen LogP contribution in [0.25, 0.3) is 22.2 Å². The van der Waals surface area contributed by atoms with Crippen LogP contribution in [0.2, 0.25) is 0 Å². The van der Waals surface area contributed by atoms with E-state index in [0.717, 1.165) is 22.5 Å². The summed E-state index contributed by atoms with van der Waals surface area (Å²) in [6, 6.07) is 15.7. The lowest BCUT2D eigenvalue weighted by Crippen LogP contribution is -2.01. The molecule has 2 aromatic carbocycles. The topological polar surface area (TPSA) is 88.1 Å². The molecule has 0 aliphatic rings. The molecule has 2 aromatic heterocycles. The largest absolute Gasteiger partial charge is 0.494 e. The highest BCUT2D eigenvalue weighted by atomic mass is 16.5. The van der Waals surface area contributed by atoms with E-state index in [9.17, 15) is 4.79 Å². The smallest absolute Gasteiger partial charge is 0.307 e. The number of ether oxygens (including phenoxy) is 1. The molecule has 0 saturated carbocycles. The molecule has 0 aliphatic heterocycles. The number of H-pyrrole nitrogens is 1. The minimum atomic E-state index is -0.881. The Hall–Kier alpha value is -3.67. The van der Waals surface area contributed by atoms with Crippen molar-refractivity contribution in [1.29, 1.82) is 0 Å². The van der Waals surface area contributed by atoms with Gasteiger partial charge < -0.3 is 14.8 Å². The summed E-state index contributed by atoms with van der Waals surface area (Å²) in [7, 11) is 1.58. The Morgan fingerprint density at radius 2 is 1.93 bits per heavy atom. The van der Waals surface area contributed by atoms with Crippen LogP contribution in [-0.2, 0) is 17.6 Å². The third-order valence-electron chi connectivity index (χ3n) is 4.63. The summed E-state index contributed by atoms with van der Waals surface area (Å²) < 4.78 is 5.38. The zero-order chi connectivity index (χ0) is 19.5. The van der Waals surface area contributed by atoms with Gasteiger partial charge in [-0.15, -0.1) is 0 Å². The van der Waals surface area contributed by atoms with Gasteiger partial charge in [0.05, 0.1) is 19.0 Å². The molecule has 140 valence electrons. The van der Waals surface area contributed by atoms with Gasteiger partial charge >= 0.3 is 5.97 Å². The van der Waals surface area contributed by atoms with Gasteiger partial charge in [-0.05, 0) is 34.4 Å². The molecule has 0 bridgehead atoms. The summed E-state index contributed by atoms with van der Waals surface area (Å²) in [5.41, 5.74) is 5.33. The number of benzene rings is 2. The van der Waals surface area contributed by atoms with Gasteiger partial charge in [0, 0.05) is 18.8 Å². The first-order valence-corrected chi connectivity index (χ1v) is 8.89. The number of carboxylic acids is 1. The molecule has 6 nitrogen and oxygen atoms in total. The Morgan fingerprint density at radius 1 is 1.11 bits per heavy atom. The van der Waals surface area contributed by atoms with E-state index < -0.39 is 5.97 Å². The lowest BCUT2D eigenvalue weighted by Gasteiger charge is -2.03. The monoisotopic (exact) mass is 373 g/mol. The SMILES string of the molecule is COc1ccc(CC(=O)O)c2[nH]c(Cc3ccc(-c4cccnc4)cc3)nc12. The first kappa shape index (κ1) is 17.7. The predicted octanol–water partition coefficient (Wildman–Crippen LogP) is 3.85. The van der Waals surface area contributed by atoms with Gasteiger partial charge in [0.25, 0.3) is 0 Å².